The zero-order valence-corrected chi connectivity index (χ0v) is 11.4. The molecule has 1 aromatic heterocycles. The maximum atomic E-state index is 12.0. The van der Waals surface area contributed by atoms with Gasteiger partial charge in [-0.3, -0.25) is 9.48 Å². The van der Waals surface area contributed by atoms with E-state index in [9.17, 15) is 4.79 Å². The van der Waals surface area contributed by atoms with Gasteiger partial charge < -0.3 is 4.90 Å². The first-order chi connectivity index (χ1) is 9.24. The molecule has 0 unspecified atom stereocenters. The molecule has 1 aliphatic rings. The number of carbonyl (C=O) groups excluding carboxylic acids is 1. The van der Waals surface area contributed by atoms with Gasteiger partial charge >= 0.3 is 0 Å². The first kappa shape index (κ1) is 12.5. The summed E-state index contributed by atoms with van der Waals surface area (Å²) in [5.74, 6) is 0.232. The molecule has 0 N–H and O–H groups in total. The standard InChI is InChI=1S/C14H16ClN3O/c15-12-3-4-13-11(9-12)10-16-18(13)8-5-14(19)17-6-1-2-7-17/h3-4,9-10H,1-2,5-8H2. The molecule has 0 bridgehead atoms. The number of carbonyl (C=O) groups is 1. The zero-order chi connectivity index (χ0) is 13.2. The highest BCUT2D eigenvalue weighted by molar-refractivity contribution is 6.31. The fourth-order valence-corrected chi connectivity index (χ4v) is 2.74. The van der Waals surface area contributed by atoms with E-state index < -0.39 is 0 Å². The molecule has 1 amide bonds. The van der Waals surface area contributed by atoms with Crippen LogP contribution in [0.25, 0.3) is 10.9 Å². The van der Waals surface area contributed by atoms with E-state index in [2.05, 4.69) is 5.10 Å². The molecule has 0 atom stereocenters. The second-order valence-corrected chi connectivity index (χ2v) is 5.35. The van der Waals surface area contributed by atoms with Crippen molar-refractivity contribution in [2.45, 2.75) is 25.8 Å². The van der Waals surface area contributed by atoms with Crippen LogP contribution in [0.4, 0.5) is 0 Å². The van der Waals surface area contributed by atoms with Crippen molar-refractivity contribution in [1.29, 1.82) is 0 Å². The lowest BCUT2D eigenvalue weighted by Crippen LogP contribution is -2.28. The molecule has 3 rings (SSSR count). The highest BCUT2D eigenvalue weighted by Crippen LogP contribution is 2.19. The van der Waals surface area contributed by atoms with Crippen LogP contribution in [0.15, 0.2) is 24.4 Å². The van der Waals surface area contributed by atoms with Gasteiger partial charge in [0.05, 0.1) is 18.3 Å². The fourth-order valence-electron chi connectivity index (χ4n) is 2.56. The molecule has 1 saturated heterocycles. The molecule has 1 aliphatic heterocycles. The lowest BCUT2D eigenvalue weighted by atomic mass is 10.2. The average molecular weight is 278 g/mol. The third kappa shape index (κ3) is 2.59. The number of hydrogen-bond donors (Lipinski definition) is 0. The highest BCUT2D eigenvalue weighted by atomic mass is 35.5. The van der Waals surface area contributed by atoms with Crippen molar-refractivity contribution in [3.05, 3.63) is 29.4 Å². The van der Waals surface area contributed by atoms with Crippen LogP contribution in [0.2, 0.25) is 5.02 Å². The van der Waals surface area contributed by atoms with E-state index in [1.54, 1.807) is 6.20 Å². The average Bonchev–Trinajstić information content (AvgIpc) is 3.05. The number of likely N-dealkylation sites (tertiary alicyclic amines) is 1. The van der Waals surface area contributed by atoms with Crippen LogP contribution in [-0.4, -0.2) is 33.7 Å². The summed E-state index contributed by atoms with van der Waals surface area (Å²) in [7, 11) is 0. The van der Waals surface area contributed by atoms with Crippen LogP contribution < -0.4 is 0 Å². The van der Waals surface area contributed by atoms with Gasteiger partial charge in [0.1, 0.15) is 0 Å². The van der Waals surface area contributed by atoms with Gasteiger partial charge in [-0.2, -0.15) is 5.10 Å². The Bertz CT molecular complexity index is 602. The molecule has 1 fully saturated rings. The van der Waals surface area contributed by atoms with Gasteiger partial charge in [0.15, 0.2) is 0 Å². The van der Waals surface area contributed by atoms with E-state index in [1.807, 2.05) is 27.8 Å². The minimum absolute atomic E-state index is 0.232. The van der Waals surface area contributed by atoms with Crippen LogP contribution in [-0.2, 0) is 11.3 Å². The zero-order valence-electron chi connectivity index (χ0n) is 10.7. The van der Waals surface area contributed by atoms with Crippen LogP contribution in [0.5, 0.6) is 0 Å². The van der Waals surface area contributed by atoms with Gasteiger partial charge in [0, 0.05) is 29.9 Å². The first-order valence-electron chi connectivity index (χ1n) is 6.63. The van der Waals surface area contributed by atoms with Gasteiger partial charge in [-0.25, -0.2) is 0 Å². The molecule has 0 aliphatic carbocycles. The third-order valence-electron chi connectivity index (χ3n) is 3.60. The highest BCUT2D eigenvalue weighted by Gasteiger charge is 2.17. The Morgan fingerprint density at radius 2 is 2.11 bits per heavy atom. The Kier molecular flexibility index (Phi) is 3.42. The summed E-state index contributed by atoms with van der Waals surface area (Å²) in [6.07, 6.45) is 4.57. The Morgan fingerprint density at radius 1 is 1.32 bits per heavy atom. The summed E-state index contributed by atoms with van der Waals surface area (Å²) in [5, 5.41) is 6.05. The van der Waals surface area contributed by atoms with Crippen molar-refractivity contribution in [2.75, 3.05) is 13.1 Å². The topological polar surface area (TPSA) is 38.1 Å². The van der Waals surface area contributed by atoms with Crippen molar-refractivity contribution in [3.63, 3.8) is 0 Å². The maximum Gasteiger partial charge on any atom is 0.224 e. The Hall–Kier alpha value is -1.55. The van der Waals surface area contributed by atoms with Gasteiger partial charge in [-0.05, 0) is 31.0 Å². The minimum Gasteiger partial charge on any atom is -0.343 e. The molecule has 5 heteroatoms. The Labute approximate surface area is 116 Å². The normalized spacial score (nSPS) is 15.3. The molecule has 19 heavy (non-hydrogen) atoms. The van der Waals surface area contributed by atoms with Crippen molar-refractivity contribution < 1.29 is 4.79 Å². The van der Waals surface area contributed by atoms with E-state index in [0.717, 1.165) is 36.8 Å². The van der Waals surface area contributed by atoms with Gasteiger partial charge in [0.2, 0.25) is 5.91 Å². The molecule has 100 valence electrons. The van der Waals surface area contributed by atoms with E-state index in [1.165, 1.54) is 0 Å². The maximum absolute atomic E-state index is 12.0. The second kappa shape index (κ2) is 5.21. The Balaban J connectivity index is 1.69. The number of nitrogens with zero attached hydrogens (tertiary/aromatic N) is 3. The number of aryl methyl sites for hydroxylation is 1. The molecule has 0 radical (unpaired) electrons. The summed E-state index contributed by atoms with van der Waals surface area (Å²) in [4.78, 5) is 13.9. The minimum atomic E-state index is 0.232. The molecule has 0 spiro atoms. The summed E-state index contributed by atoms with van der Waals surface area (Å²) >= 11 is 5.94. The predicted octanol–water partition coefficient (Wildman–Crippen LogP) is 2.70. The number of benzene rings is 1. The summed E-state index contributed by atoms with van der Waals surface area (Å²) in [6.45, 7) is 2.45. The predicted molar refractivity (Wildman–Crippen MR) is 75.2 cm³/mol. The van der Waals surface area contributed by atoms with E-state index in [4.69, 9.17) is 11.6 Å². The van der Waals surface area contributed by atoms with Gasteiger partial charge in [-0.1, -0.05) is 11.6 Å². The summed E-state index contributed by atoms with van der Waals surface area (Å²) in [6, 6.07) is 5.69. The molecular weight excluding hydrogens is 262 g/mol. The van der Waals surface area contributed by atoms with Crippen LogP contribution in [0.3, 0.4) is 0 Å². The summed E-state index contributed by atoms with van der Waals surface area (Å²) < 4.78 is 1.87. The molecule has 2 aromatic rings. The van der Waals surface area contributed by atoms with E-state index >= 15 is 0 Å². The smallest absolute Gasteiger partial charge is 0.224 e. The number of amides is 1. The van der Waals surface area contributed by atoms with Crippen molar-refractivity contribution in [3.8, 4) is 0 Å². The van der Waals surface area contributed by atoms with Crippen molar-refractivity contribution >= 4 is 28.4 Å². The molecule has 4 nitrogen and oxygen atoms in total. The number of aromatic nitrogens is 2. The van der Waals surface area contributed by atoms with Crippen LogP contribution >= 0.6 is 11.6 Å². The number of fused-ring (bicyclic) bond motifs is 1. The lowest BCUT2D eigenvalue weighted by Gasteiger charge is -2.15. The largest absolute Gasteiger partial charge is 0.343 e. The molecule has 2 heterocycles. The van der Waals surface area contributed by atoms with Crippen LogP contribution in [0.1, 0.15) is 19.3 Å². The third-order valence-corrected chi connectivity index (χ3v) is 3.84. The quantitative estimate of drug-likeness (QED) is 0.865. The second-order valence-electron chi connectivity index (χ2n) is 4.91. The van der Waals surface area contributed by atoms with E-state index in [0.29, 0.717) is 18.0 Å². The SMILES string of the molecule is O=C(CCn1ncc2cc(Cl)ccc21)N1CCCC1. The number of hydrogen-bond acceptors (Lipinski definition) is 2. The number of halogens is 1. The van der Waals surface area contributed by atoms with Crippen LogP contribution in [0, 0.1) is 0 Å². The lowest BCUT2D eigenvalue weighted by molar-refractivity contribution is -0.130. The molecule has 1 aromatic carbocycles. The Morgan fingerprint density at radius 3 is 2.89 bits per heavy atom. The molecule has 0 saturated carbocycles. The summed E-state index contributed by atoms with van der Waals surface area (Å²) in [5.41, 5.74) is 1.03. The number of rotatable bonds is 3. The fraction of sp³-hybridized carbons (Fsp3) is 0.429. The molecular formula is C14H16ClN3O. The van der Waals surface area contributed by atoms with Gasteiger partial charge in [-0.15, -0.1) is 0 Å². The first-order valence-corrected chi connectivity index (χ1v) is 7.01. The van der Waals surface area contributed by atoms with E-state index in [-0.39, 0.29) is 5.91 Å². The van der Waals surface area contributed by atoms with Crippen molar-refractivity contribution in [2.24, 2.45) is 0 Å². The van der Waals surface area contributed by atoms with Crippen molar-refractivity contribution in [1.82, 2.24) is 14.7 Å². The monoisotopic (exact) mass is 277 g/mol. The van der Waals surface area contributed by atoms with Gasteiger partial charge in [0.25, 0.3) is 0 Å².